The number of carbonyl (C=O) groups excluding carboxylic acids is 2. The standard InChI is InChI=1S/C28H32N2O4S/c1-23(31)26-15-17-27(18-16-26)35(33,34)29(2)20-9-14-28(32)30(22-25-12-7-4-8-13-25)21-19-24-10-5-3-6-11-24/h3-8,10-13,15-18H,9,14,19-22H2,1-2H3. The van der Waals surface area contributed by atoms with E-state index in [1.165, 1.54) is 48.1 Å². The van der Waals surface area contributed by atoms with Gasteiger partial charge in [-0.1, -0.05) is 72.8 Å². The van der Waals surface area contributed by atoms with Crippen molar-refractivity contribution in [2.45, 2.75) is 37.6 Å². The van der Waals surface area contributed by atoms with Gasteiger partial charge in [0.25, 0.3) is 0 Å². The zero-order valence-corrected chi connectivity index (χ0v) is 21.1. The lowest BCUT2D eigenvalue weighted by Crippen LogP contribution is -2.33. The minimum absolute atomic E-state index is 0.00129. The molecule has 0 unspecified atom stereocenters. The van der Waals surface area contributed by atoms with Crippen LogP contribution in [0.2, 0.25) is 0 Å². The van der Waals surface area contributed by atoms with Crippen LogP contribution >= 0.6 is 0 Å². The van der Waals surface area contributed by atoms with Crippen molar-refractivity contribution in [1.29, 1.82) is 0 Å². The van der Waals surface area contributed by atoms with Crippen LogP contribution < -0.4 is 0 Å². The van der Waals surface area contributed by atoms with E-state index in [1.54, 1.807) is 0 Å². The highest BCUT2D eigenvalue weighted by molar-refractivity contribution is 7.89. The number of hydrogen-bond donors (Lipinski definition) is 0. The lowest BCUT2D eigenvalue weighted by atomic mass is 10.1. The van der Waals surface area contributed by atoms with Crippen molar-refractivity contribution in [2.75, 3.05) is 20.1 Å². The SMILES string of the molecule is CC(=O)c1ccc(S(=O)(=O)N(C)CCCC(=O)N(CCc2ccccc2)Cc2ccccc2)cc1. The van der Waals surface area contributed by atoms with Crippen molar-refractivity contribution >= 4 is 21.7 Å². The normalized spacial score (nSPS) is 11.4. The molecule has 0 bridgehead atoms. The van der Waals surface area contributed by atoms with Gasteiger partial charge in [-0.2, -0.15) is 0 Å². The Kier molecular flexibility index (Phi) is 9.34. The topological polar surface area (TPSA) is 74.8 Å². The molecule has 3 aromatic carbocycles. The van der Waals surface area contributed by atoms with Crippen LogP contribution in [-0.4, -0.2) is 49.5 Å². The van der Waals surface area contributed by atoms with E-state index in [1.807, 2.05) is 65.6 Å². The van der Waals surface area contributed by atoms with Crippen LogP contribution in [0.1, 0.15) is 41.3 Å². The maximum atomic E-state index is 13.1. The predicted octanol–water partition coefficient (Wildman–Crippen LogP) is 4.56. The molecule has 0 fully saturated rings. The summed E-state index contributed by atoms with van der Waals surface area (Å²) in [6.07, 6.45) is 1.42. The zero-order chi connectivity index (χ0) is 25.3. The zero-order valence-electron chi connectivity index (χ0n) is 20.3. The van der Waals surface area contributed by atoms with Gasteiger partial charge in [-0.25, -0.2) is 12.7 Å². The van der Waals surface area contributed by atoms with Crippen molar-refractivity contribution in [3.63, 3.8) is 0 Å². The van der Waals surface area contributed by atoms with Crippen LogP contribution in [0.5, 0.6) is 0 Å². The molecule has 0 N–H and O–H groups in total. The van der Waals surface area contributed by atoms with Gasteiger partial charge in [0, 0.05) is 38.7 Å². The highest BCUT2D eigenvalue weighted by Gasteiger charge is 2.21. The summed E-state index contributed by atoms with van der Waals surface area (Å²) in [5, 5.41) is 0. The third-order valence-corrected chi connectivity index (χ3v) is 7.79. The van der Waals surface area contributed by atoms with Crippen molar-refractivity contribution in [3.05, 3.63) is 102 Å². The van der Waals surface area contributed by atoms with E-state index in [2.05, 4.69) is 0 Å². The van der Waals surface area contributed by atoms with Gasteiger partial charge in [0.2, 0.25) is 15.9 Å². The highest BCUT2D eigenvalue weighted by atomic mass is 32.2. The number of carbonyl (C=O) groups is 2. The molecule has 7 heteroatoms. The molecule has 0 aliphatic heterocycles. The Balaban J connectivity index is 1.59. The number of nitrogens with zero attached hydrogens (tertiary/aromatic N) is 2. The molecule has 0 atom stereocenters. The maximum absolute atomic E-state index is 13.1. The van der Waals surface area contributed by atoms with Crippen LogP contribution in [0.3, 0.4) is 0 Å². The van der Waals surface area contributed by atoms with Gasteiger partial charge in [-0.3, -0.25) is 9.59 Å². The molecule has 0 aliphatic carbocycles. The van der Waals surface area contributed by atoms with Crippen molar-refractivity contribution in [2.24, 2.45) is 0 Å². The highest BCUT2D eigenvalue weighted by Crippen LogP contribution is 2.17. The lowest BCUT2D eigenvalue weighted by Gasteiger charge is -2.24. The van der Waals surface area contributed by atoms with Gasteiger partial charge in [0.15, 0.2) is 5.78 Å². The fourth-order valence-corrected chi connectivity index (χ4v) is 4.99. The van der Waals surface area contributed by atoms with Crippen molar-refractivity contribution < 1.29 is 18.0 Å². The summed E-state index contributed by atoms with van der Waals surface area (Å²) in [5.74, 6) is -0.116. The molecule has 0 spiro atoms. The quantitative estimate of drug-likeness (QED) is 0.347. The molecule has 0 aliphatic rings. The molecule has 1 amide bonds. The minimum atomic E-state index is -3.70. The van der Waals surface area contributed by atoms with E-state index < -0.39 is 10.0 Å². The summed E-state index contributed by atoms with van der Waals surface area (Å²) in [6, 6.07) is 25.8. The minimum Gasteiger partial charge on any atom is -0.338 e. The third kappa shape index (κ3) is 7.60. The molecule has 184 valence electrons. The fraction of sp³-hybridized carbons (Fsp3) is 0.286. The first-order valence-electron chi connectivity index (χ1n) is 11.7. The molecule has 0 aromatic heterocycles. The van der Waals surface area contributed by atoms with Crippen LogP contribution in [-0.2, 0) is 27.8 Å². The fourth-order valence-electron chi connectivity index (χ4n) is 3.78. The molecule has 0 saturated carbocycles. The molecule has 0 radical (unpaired) electrons. The molecule has 3 rings (SSSR count). The molecule has 35 heavy (non-hydrogen) atoms. The van der Waals surface area contributed by atoms with E-state index in [4.69, 9.17) is 0 Å². The van der Waals surface area contributed by atoms with Gasteiger partial charge >= 0.3 is 0 Å². The second-order valence-corrected chi connectivity index (χ2v) is 10.6. The van der Waals surface area contributed by atoms with Crippen LogP contribution in [0.4, 0.5) is 0 Å². The smallest absolute Gasteiger partial charge is 0.242 e. The average molecular weight is 493 g/mol. The van der Waals surface area contributed by atoms with E-state index in [0.29, 0.717) is 25.1 Å². The Labute approximate surface area is 208 Å². The Morgan fingerprint density at radius 3 is 1.91 bits per heavy atom. The Bertz CT molecular complexity index is 1210. The van der Waals surface area contributed by atoms with Gasteiger partial charge in [0.05, 0.1) is 4.90 Å². The van der Waals surface area contributed by atoms with Crippen molar-refractivity contribution in [3.8, 4) is 0 Å². The molecule has 3 aromatic rings. The molecule has 6 nitrogen and oxygen atoms in total. The first-order valence-corrected chi connectivity index (χ1v) is 13.1. The van der Waals surface area contributed by atoms with Gasteiger partial charge in [-0.15, -0.1) is 0 Å². The predicted molar refractivity (Wildman–Crippen MR) is 138 cm³/mol. The molecular formula is C28H32N2O4S. The number of amides is 1. The van der Waals surface area contributed by atoms with E-state index in [-0.39, 0.29) is 29.6 Å². The Morgan fingerprint density at radius 2 is 1.34 bits per heavy atom. The summed E-state index contributed by atoms with van der Waals surface area (Å²) in [5.41, 5.74) is 2.69. The van der Waals surface area contributed by atoms with Gasteiger partial charge in [0.1, 0.15) is 0 Å². The summed E-state index contributed by atoms with van der Waals surface area (Å²) in [4.78, 5) is 26.5. The number of hydrogen-bond acceptors (Lipinski definition) is 4. The van der Waals surface area contributed by atoms with Gasteiger partial charge < -0.3 is 4.90 Å². The van der Waals surface area contributed by atoms with Crippen molar-refractivity contribution in [1.82, 2.24) is 9.21 Å². The monoisotopic (exact) mass is 492 g/mol. The Morgan fingerprint density at radius 1 is 0.771 bits per heavy atom. The number of ketones is 1. The van der Waals surface area contributed by atoms with E-state index in [9.17, 15) is 18.0 Å². The van der Waals surface area contributed by atoms with E-state index >= 15 is 0 Å². The largest absolute Gasteiger partial charge is 0.338 e. The first-order chi connectivity index (χ1) is 16.8. The summed E-state index contributed by atoms with van der Waals surface area (Å²) in [6.45, 7) is 2.77. The molecule has 0 heterocycles. The number of sulfonamides is 1. The number of benzene rings is 3. The molecule has 0 saturated heterocycles. The third-order valence-electron chi connectivity index (χ3n) is 5.91. The maximum Gasteiger partial charge on any atom is 0.242 e. The number of Topliss-reactive ketones (excluding diaryl/α,β-unsaturated/α-hetero) is 1. The average Bonchev–Trinajstić information content (AvgIpc) is 2.87. The second kappa shape index (κ2) is 12.4. The summed E-state index contributed by atoms with van der Waals surface area (Å²) >= 11 is 0. The van der Waals surface area contributed by atoms with E-state index in [0.717, 1.165) is 12.0 Å². The van der Waals surface area contributed by atoms with Gasteiger partial charge in [-0.05, 0) is 43.0 Å². The van der Waals surface area contributed by atoms with Crippen LogP contribution in [0.25, 0.3) is 0 Å². The Hall–Kier alpha value is -3.29. The summed E-state index contributed by atoms with van der Waals surface area (Å²) < 4.78 is 27.0. The summed E-state index contributed by atoms with van der Waals surface area (Å²) in [7, 11) is -2.19. The van der Waals surface area contributed by atoms with Crippen LogP contribution in [0, 0.1) is 0 Å². The number of rotatable bonds is 12. The second-order valence-electron chi connectivity index (χ2n) is 8.55. The molecular weight excluding hydrogens is 460 g/mol. The first kappa shape index (κ1) is 26.3. The van der Waals surface area contributed by atoms with Crippen LogP contribution in [0.15, 0.2) is 89.8 Å². The lowest BCUT2D eigenvalue weighted by molar-refractivity contribution is -0.131.